The van der Waals surface area contributed by atoms with Gasteiger partial charge in [0.05, 0.1) is 28.9 Å². The van der Waals surface area contributed by atoms with Crippen LogP contribution in [-0.2, 0) is 17.9 Å². The summed E-state index contributed by atoms with van der Waals surface area (Å²) >= 11 is 12.4. The van der Waals surface area contributed by atoms with Crippen molar-refractivity contribution in [3.63, 3.8) is 0 Å². The fourth-order valence-corrected chi connectivity index (χ4v) is 4.12. The molecule has 170 valence electrons. The van der Waals surface area contributed by atoms with Crippen LogP contribution in [0.1, 0.15) is 23.1 Å². The first kappa shape index (κ1) is 23.5. The van der Waals surface area contributed by atoms with Crippen LogP contribution < -0.4 is 5.32 Å². The van der Waals surface area contributed by atoms with Crippen molar-refractivity contribution in [2.75, 3.05) is 5.32 Å². The van der Waals surface area contributed by atoms with Crippen LogP contribution >= 0.6 is 23.2 Å². The van der Waals surface area contributed by atoms with Crippen molar-refractivity contribution < 1.29 is 9.18 Å². The molecular formula is C26H19Cl2FN4O. The molecule has 8 heteroatoms. The van der Waals surface area contributed by atoms with Gasteiger partial charge >= 0.3 is 0 Å². The molecule has 0 unspecified atom stereocenters. The number of benzene rings is 3. The molecular weight excluding hydrogens is 474 g/mol. The van der Waals surface area contributed by atoms with Crippen LogP contribution in [-0.4, -0.2) is 16.5 Å². The van der Waals surface area contributed by atoms with E-state index >= 15 is 0 Å². The first-order valence-corrected chi connectivity index (χ1v) is 11.2. The van der Waals surface area contributed by atoms with E-state index in [1.54, 1.807) is 54.6 Å². The van der Waals surface area contributed by atoms with Gasteiger partial charge in [-0.3, -0.25) is 10.2 Å². The van der Waals surface area contributed by atoms with Gasteiger partial charge in [0.15, 0.2) is 0 Å². The van der Waals surface area contributed by atoms with Gasteiger partial charge in [0.25, 0.3) is 5.91 Å². The Hall–Kier alpha value is -3.66. The summed E-state index contributed by atoms with van der Waals surface area (Å²) in [7, 11) is 0. The van der Waals surface area contributed by atoms with Crippen LogP contribution in [0.5, 0.6) is 0 Å². The smallest absolute Gasteiger partial charge is 0.272 e. The number of nitrogens with zero attached hydrogens (tertiary/aromatic N) is 2. The van der Waals surface area contributed by atoms with Crippen molar-refractivity contribution in [3.05, 3.63) is 105 Å². The molecule has 0 saturated heterocycles. The summed E-state index contributed by atoms with van der Waals surface area (Å²) in [6, 6.07) is 20.4. The molecule has 0 aromatic heterocycles. The molecule has 3 aromatic rings. The summed E-state index contributed by atoms with van der Waals surface area (Å²) in [5, 5.41) is 22.5. The second kappa shape index (κ2) is 10.1. The van der Waals surface area contributed by atoms with Crippen molar-refractivity contribution in [1.82, 2.24) is 4.90 Å². The molecule has 1 aliphatic rings. The molecule has 4 rings (SSSR count). The van der Waals surface area contributed by atoms with E-state index in [4.69, 9.17) is 28.6 Å². The SMILES string of the molecule is N#CC/C(C(=N)C(=O)N1Cc2ccc(F)cc2C1)=C(/Nc1ccccc1Cl)c1ccc(Cl)cc1. The van der Waals surface area contributed by atoms with E-state index in [0.29, 0.717) is 32.6 Å². The van der Waals surface area contributed by atoms with Gasteiger partial charge in [-0.15, -0.1) is 0 Å². The Labute approximate surface area is 206 Å². The number of fused-ring (bicyclic) bond motifs is 1. The van der Waals surface area contributed by atoms with E-state index in [1.807, 2.05) is 0 Å². The summed E-state index contributed by atoms with van der Waals surface area (Å²) < 4.78 is 13.6. The molecule has 0 radical (unpaired) electrons. The minimum Gasteiger partial charge on any atom is -0.354 e. The summed E-state index contributed by atoms with van der Waals surface area (Å²) in [5.41, 5.74) is 3.05. The minimum atomic E-state index is -0.547. The molecule has 0 atom stereocenters. The number of carbonyl (C=O) groups is 1. The first-order valence-electron chi connectivity index (χ1n) is 10.4. The van der Waals surface area contributed by atoms with Crippen molar-refractivity contribution in [1.29, 1.82) is 10.7 Å². The highest BCUT2D eigenvalue weighted by Gasteiger charge is 2.29. The maximum atomic E-state index is 13.6. The average molecular weight is 493 g/mol. The highest BCUT2D eigenvalue weighted by Crippen LogP contribution is 2.31. The van der Waals surface area contributed by atoms with Gasteiger partial charge in [-0.05, 0) is 53.1 Å². The monoisotopic (exact) mass is 492 g/mol. The molecule has 1 heterocycles. The minimum absolute atomic E-state index is 0.185. The normalized spacial score (nSPS) is 13.1. The largest absolute Gasteiger partial charge is 0.354 e. The number of nitriles is 1. The molecule has 1 aliphatic heterocycles. The Morgan fingerprint density at radius 1 is 1.06 bits per heavy atom. The van der Waals surface area contributed by atoms with Crippen molar-refractivity contribution >= 4 is 46.2 Å². The predicted molar refractivity (Wildman–Crippen MR) is 132 cm³/mol. The highest BCUT2D eigenvalue weighted by molar-refractivity contribution is 6.45. The molecule has 0 spiro atoms. The fraction of sp³-hybridized carbons (Fsp3) is 0.115. The van der Waals surface area contributed by atoms with E-state index in [1.165, 1.54) is 17.0 Å². The molecule has 0 saturated carbocycles. The summed E-state index contributed by atoms with van der Waals surface area (Å²) in [5.74, 6) is -0.920. The van der Waals surface area contributed by atoms with Gasteiger partial charge in [-0.2, -0.15) is 5.26 Å². The molecule has 2 N–H and O–H groups in total. The van der Waals surface area contributed by atoms with Crippen molar-refractivity contribution in [3.8, 4) is 6.07 Å². The van der Waals surface area contributed by atoms with Crippen molar-refractivity contribution in [2.24, 2.45) is 0 Å². The third kappa shape index (κ3) is 4.96. The lowest BCUT2D eigenvalue weighted by Gasteiger charge is -2.21. The zero-order valence-corrected chi connectivity index (χ0v) is 19.4. The maximum Gasteiger partial charge on any atom is 0.272 e. The molecule has 1 amide bonds. The van der Waals surface area contributed by atoms with Gasteiger partial charge < -0.3 is 10.2 Å². The number of hydrogen-bond acceptors (Lipinski definition) is 4. The number of nitrogens with one attached hydrogen (secondary N) is 2. The van der Waals surface area contributed by atoms with Crippen LogP contribution in [0.25, 0.3) is 5.70 Å². The zero-order chi connectivity index (χ0) is 24.2. The molecule has 0 bridgehead atoms. The third-order valence-corrected chi connectivity index (χ3v) is 6.10. The van der Waals surface area contributed by atoms with Crippen LogP contribution in [0.2, 0.25) is 10.0 Å². The average Bonchev–Trinajstić information content (AvgIpc) is 3.25. The Balaban J connectivity index is 1.74. The number of carbonyl (C=O) groups excluding carboxylic acids is 1. The topological polar surface area (TPSA) is 80.0 Å². The molecule has 0 aliphatic carbocycles. The van der Waals surface area contributed by atoms with E-state index in [-0.39, 0.29) is 36.6 Å². The number of hydrogen-bond donors (Lipinski definition) is 2. The first-order chi connectivity index (χ1) is 16.4. The third-order valence-electron chi connectivity index (χ3n) is 5.52. The van der Waals surface area contributed by atoms with Gasteiger partial charge in [-0.1, -0.05) is 53.5 Å². The molecule has 0 fully saturated rings. The van der Waals surface area contributed by atoms with Gasteiger partial charge in [0, 0.05) is 23.7 Å². The number of rotatable bonds is 6. The Bertz CT molecular complexity index is 1350. The number of anilines is 1. The van der Waals surface area contributed by atoms with Crippen LogP contribution in [0.4, 0.5) is 10.1 Å². The van der Waals surface area contributed by atoms with E-state index in [2.05, 4.69) is 11.4 Å². The van der Waals surface area contributed by atoms with Gasteiger partial charge in [0.1, 0.15) is 11.5 Å². The summed E-state index contributed by atoms with van der Waals surface area (Å²) in [6.45, 7) is 0.466. The number of para-hydroxylation sites is 1. The predicted octanol–water partition coefficient (Wildman–Crippen LogP) is 6.43. The summed E-state index contributed by atoms with van der Waals surface area (Å²) in [4.78, 5) is 14.8. The number of halogens is 3. The van der Waals surface area contributed by atoms with E-state index in [0.717, 1.165) is 5.56 Å². The fourth-order valence-electron chi connectivity index (χ4n) is 3.81. The lowest BCUT2D eigenvalue weighted by molar-refractivity contribution is -0.124. The quantitative estimate of drug-likeness (QED) is 0.389. The van der Waals surface area contributed by atoms with Crippen LogP contribution in [0, 0.1) is 22.6 Å². The van der Waals surface area contributed by atoms with E-state index < -0.39 is 5.91 Å². The number of amides is 1. The van der Waals surface area contributed by atoms with E-state index in [9.17, 15) is 14.4 Å². The van der Waals surface area contributed by atoms with Crippen LogP contribution in [0.3, 0.4) is 0 Å². The highest BCUT2D eigenvalue weighted by atomic mass is 35.5. The van der Waals surface area contributed by atoms with Crippen LogP contribution in [0.15, 0.2) is 72.3 Å². The second-order valence-electron chi connectivity index (χ2n) is 7.75. The standard InChI is InChI=1S/C26H19Cl2FN4O/c27-19-8-5-16(6-9-19)25(32-23-4-2-1-3-22(23)28)21(11-12-30)24(31)26(34)33-14-17-7-10-20(29)13-18(17)15-33/h1-10,13,31-32H,11,14-15H2/b25-21-,31-24?. The zero-order valence-electron chi connectivity index (χ0n) is 17.9. The molecule has 3 aromatic carbocycles. The second-order valence-corrected chi connectivity index (χ2v) is 8.59. The Kier molecular flexibility index (Phi) is 6.97. The van der Waals surface area contributed by atoms with Crippen molar-refractivity contribution in [2.45, 2.75) is 19.5 Å². The molecule has 34 heavy (non-hydrogen) atoms. The summed E-state index contributed by atoms with van der Waals surface area (Å²) in [6.07, 6.45) is -0.185. The maximum absolute atomic E-state index is 13.6. The Morgan fingerprint density at radius 2 is 1.76 bits per heavy atom. The lowest BCUT2D eigenvalue weighted by Crippen LogP contribution is -2.33. The molecule has 5 nitrogen and oxygen atoms in total. The lowest BCUT2D eigenvalue weighted by atomic mass is 9.98. The Morgan fingerprint density at radius 3 is 2.47 bits per heavy atom. The van der Waals surface area contributed by atoms with Gasteiger partial charge in [-0.25, -0.2) is 4.39 Å². The van der Waals surface area contributed by atoms with Gasteiger partial charge in [0.2, 0.25) is 0 Å².